The summed E-state index contributed by atoms with van der Waals surface area (Å²) in [5.41, 5.74) is 1.14. The lowest BCUT2D eigenvalue weighted by Crippen LogP contribution is -2.47. The molecule has 0 bridgehead atoms. The van der Waals surface area contributed by atoms with Crippen molar-refractivity contribution in [2.24, 2.45) is 5.92 Å². The first-order valence-corrected chi connectivity index (χ1v) is 8.77. The molecular weight excluding hydrogens is 327 g/mol. The number of alkyl halides is 3. The van der Waals surface area contributed by atoms with Gasteiger partial charge in [-0.25, -0.2) is 9.78 Å². The number of hydrogen-bond acceptors (Lipinski definition) is 3. The molecule has 128 valence electrons. The number of fused-ring (bicyclic) bond motifs is 1. The van der Waals surface area contributed by atoms with Crippen LogP contribution >= 0.6 is 11.3 Å². The molecule has 0 saturated carbocycles. The number of aromatic nitrogens is 1. The van der Waals surface area contributed by atoms with E-state index in [1.54, 1.807) is 11.3 Å². The van der Waals surface area contributed by atoms with Crippen molar-refractivity contribution in [1.82, 2.24) is 15.2 Å². The summed E-state index contributed by atoms with van der Waals surface area (Å²) in [5, 5.41) is 3.74. The van der Waals surface area contributed by atoms with Crippen LogP contribution in [0, 0.1) is 5.92 Å². The van der Waals surface area contributed by atoms with Crippen LogP contribution < -0.4 is 5.32 Å². The maximum absolute atomic E-state index is 12.7. The number of halogens is 3. The van der Waals surface area contributed by atoms with E-state index >= 15 is 0 Å². The van der Waals surface area contributed by atoms with E-state index < -0.39 is 12.1 Å². The SMILES string of the molecule is CC(NC(=O)N1CCC(C(F)(F)F)CC1)c1nc2c(s1)CCC2. The van der Waals surface area contributed by atoms with Gasteiger partial charge in [0.1, 0.15) is 5.01 Å². The van der Waals surface area contributed by atoms with Crippen LogP contribution in [0.4, 0.5) is 18.0 Å². The molecule has 1 fully saturated rings. The number of likely N-dealkylation sites (tertiary alicyclic amines) is 1. The lowest BCUT2D eigenvalue weighted by atomic mass is 9.96. The Bertz CT molecular complexity index is 558. The predicted octanol–water partition coefficient (Wildman–Crippen LogP) is 3.68. The monoisotopic (exact) mass is 347 g/mol. The quantitative estimate of drug-likeness (QED) is 0.887. The third-order valence-electron chi connectivity index (χ3n) is 4.57. The number of carbonyl (C=O) groups excluding carboxylic acids is 1. The van der Waals surface area contributed by atoms with Crippen molar-refractivity contribution in [3.8, 4) is 0 Å². The first-order valence-electron chi connectivity index (χ1n) is 7.95. The van der Waals surface area contributed by atoms with Crippen molar-refractivity contribution in [3.05, 3.63) is 15.6 Å². The standard InChI is InChI=1S/C15H20F3N3OS/c1-9(13-20-11-3-2-4-12(11)23-13)19-14(22)21-7-5-10(6-8-21)15(16,17)18/h9-10H,2-8H2,1H3,(H,19,22). The van der Waals surface area contributed by atoms with Gasteiger partial charge in [0, 0.05) is 18.0 Å². The number of piperidine rings is 1. The van der Waals surface area contributed by atoms with E-state index in [9.17, 15) is 18.0 Å². The van der Waals surface area contributed by atoms with E-state index in [-0.39, 0.29) is 38.0 Å². The topological polar surface area (TPSA) is 45.2 Å². The van der Waals surface area contributed by atoms with Gasteiger partial charge in [-0.15, -0.1) is 11.3 Å². The van der Waals surface area contributed by atoms with Crippen molar-refractivity contribution in [3.63, 3.8) is 0 Å². The highest BCUT2D eigenvalue weighted by Crippen LogP contribution is 2.34. The number of rotatable bonds is 2. The molecule has 2 heterocycles. The number of nitrogens with one attached hydrogen (secondary N) is 1. The molecule has 1 atom stereocenters. The Morgan fingerprint density at radius 2 is 2.04 bits per heavy atom. The lowest BCUT2D eigenvalue weighted by Gasteiger charge is -2.33. The molecule has 1 aliphatic heterocycles. The minimum Gasteiger partial charge on any atom is -0.329 e. The summed E-state index contributed by atoms with van der Waals surface area (Å²) >= 11 is 1.63. The Balaban J connectivity index is 1.53. The zero-order chi connectivity index (χ0) is 16.6. The van der Waals surface area contributed by atoms with Gasteiger partial charge in [0.05, 0.1) is 17.7 Å². The van der Waals surface area contributed by atoms with E-state index in [0.717, 1.165) is 30.0 Å². The minimum atomic E-state index is -4.16. The van der Waals surface area contributed by atoms with Crippen LogP contribution in [0.15, 0.2) is 0 Å². The van der Waals surface area contributed by atoms with E-state index in [2.05, 4.69) is 10.3 Å². The van der Waals surface area contributed by atoms with E-state index in [0.29, 0.717) is 0 Å². The van der Waals surface area contributed by atoms with Crippen LogP contribution in [0.3, 0.4) is 0 Å². The fourth-order valence-electron chi connectivity index (χ4n) is 3.14. The van der Waals surface area contributed by atoms with Gasteiger partial charge in [0.2, 0.25) is 0 Å². The van der Waals surface area contributed by atoms with Gasteiger partial charge in [-0.2, -0.15) is 13.2 Å². The van der Waals surface area contributed by atoms with Crippen molar-refractivity contribution in [2.75, 3.05) is 13.1 Å². The highest BCUT2D eigenvalue weighted by atomic mass is 32.1. The second-order valence-corrected chi connectivity index (χ2v) is 7.36. The number of aryl methyl sites for hydroxylation is 2. The summed E-state index contributed by atoms with van der Waals surface area (Å²) in [5.74, 6) is -1.29. The predicted molar refractivity (Wildman–Crippen MR) is 81.4 cm³/mol. The normalized spacial score (nSPS) is 20.4. The molecule has 4 nitrogen and oxygen atoms in total. The summed E-state index contributed by atoms with van der Waals surface area (Å²) in [6.07, 6.45) is -0.996. The molecule has 1 unspecified atom stereocenters. The molecule has 1 aromatic rings. The summed E-state index contributed by atoms with van der Waals surface area (Å²) < 4.78 is 38.0. The molecule has 3 rings (SSSR count). The molecule has 1 aliphatic carbocycles. The Morgan fingerprint density at radius 3 is 2.65 bits per heavy atom. The molecule has 1 saturated heterocycles. The maximum atomic E-state index is 12.7. The van der Waals surface area contributed by atoms with E-state index in [4.69, 9.17) is 0 Å². The Morgan fingerprint density at radius 1 is 1.35 bits per heavy atom. The lowest BCUT2D eigenvalue weighted by molar-refractivity contribution is -0.183. The fourth-order valence-corrected chi connectivity index (χ4v) is 4.30. The summed E-state index contributed by atoms with van der Waals surface area (Å²) in [6.45, 7) is 2.17. The van der Waals surface area contributed by atoms with Crippen LogP contribution in [-0.4, -0.2) is 35.2 Å². The number of amides is 2. The zero-order valence-corrected chi connectivity index (χ0v) is 13.8. The van der Waals surface area contributed by atoms with Gasteiger partial charge in [0.15, 0.2) is 0 Å². The van der Waals surface area contributed by atoms with Crippen molar-refractivity contribution in [1.29, 1.82) is 0 Å². The largest absolute Gasteiger partial charge is 0.391 e. The Kier molecular flexibility index (Phi) is 4.53. The number of nitrogens with zero attached hydrogens (tertiary/aromatic N) is 2. The highest BCUT2D eigenvalue weighted by molar-refractivity contribution is 7.11. The first-order chi connectivity index (χ1) is 10.8. The molecular formula is C15H20F3N3OS. The summed E-state index contributed by atoms with van der Waals surface area (Å²) in [4.78, 5) is 19.6. The molecule has 23 heavy (non-hydrogen) atoms. The number of thiazole rings is 1. The minimum absolute atomic E-state index is 0.0170. The number of hydrogen-bond donors (Lipinski definition) is 1. The van der Waals surface area contributed by atoms with Gasteiger partial charge in [-0.1, -0.05) is 0 Å². The van der Waals surface area contributed by atoms with Crippen LogP contribution in [0.2, 0.25) is 0 Å². The summed E-state index contributed by atoms with van der Waals surface area (Å²) in [7, 11) is 0. The summed E-state index contributed by atoms with van der Waals surface area (Å²) in [6, 6.07) is -0.507. The number of urea groups is 1. The highest BCUT2D eigenvalue weighted by Gasteiger charge is 2.41. The van der Waals surface area contributed by atoms with E-state index in [1.165, 1.54) is 9.78 Å². The third kappa shape index (κ3) is 3.62. The van der Waals surface area contributed by atoms with Crippen molar-refractivity contribution < 1.29 is 18.0 Å². The smallest absolute Gasteiger partial charge is 0.329 e. The van der Waals surface area contributed by atoms with Crippen LogP contribution in [0.1, 0.15) is 47.8 Å². The zero-order valence-electron chi connectivity index (χ0n) is 12.9. The van der Waals surface area contributed by atoms with Gasteiger partial charge in [0.25, 0.3) is 0 Å². The molecule has 0 aromatic carbocycles. The molecule has 2 amide bonds. The van der Waals surface area contributed by atoms with Gasteiger partial charge in [-0.3, -0.25) is 0 Å². The van der Waals surface area contributed by atoms with Crippen molar-refractivity contribution in [2.45, 2.75) is 51.2 Å². The Hall–Kier alpha value is -1.31. The molecule has 2 aliphatic rings. The molecule has 1 N–H and O–H groups in total. The fraction of sp³-hybridized carbons (Fsp3) is 0.733. The van der Waals surface area contributed by atoms with Crippen molar-refractivity contribution >= 4 is 17.4 Å². The van der Waals surface area contributed by atoms with Crippen LogP contribution in [-0.2, 0) is 12.8 Å². The average Bonchev–Trinajstić information content (AvgIpc) is 3.07. The third-order valence-corrected chi connectivity index (χ3v) is 5.91. The Labute approximate surface area is 137 Å². The average molecular weight is 347 g/mol. The van der Waals surface area contributed by atoms with E-state index in [1.807, 2.05) is 6.92 Å². The van der Waals surface area contributed by atoms with Crippen LogP contribution in [0.25, 0.3) is 0 Å². The van der Waals surface area contributed by atoms with Gasteiger partial charge in [-0.05, 0) is 39.0 Å². The first kappa shape index (κ1) is 16.5. The molecule has 0 radical (unpaired) electrons. The second kappa shape index (κ2) is 6.30. The van der Waals surface area contributed by atoms with Gasteiger partial charge >= 0.3 is 12.2 Å². The molecule has 0 spiro atoms. The van der Waals surface area contributed by atoms with Crippen LogP contribution in [0.5, 0.6) is 0 Å². The molecule has 8 heteroatoms. The molecule has 1 aromatic heterocycles. The maximum Gasteiger partial charge on any atom is 0.391 e. The van der Waals surface area contributed by atoms with Gasteiger partial charge < -0.3 is 10.2 Å². The number of carbonyl (C=O) groups is 1. The second-order valence-electron chi connectivity index (χ2n) is 6.25.